The van der Waals surface area contributed by atoms with Crippen molar-refractivity contribution >= 4 is 26.9 Å². The first kappa shape index (κ1) is 21.3. The van der Waals surface area contributed by atoms with Gasteiger partial charge >= 0.3 is 0 Å². The molecule has 0 bridgehead atoms. The number of fused-ring (bicyclic) bond motifs is 1. The summed E-state index contributed by atoms with van der Waals surface area (Å²) in [4.78, 5) is 19.8. The van der Waals surface area contributed by atoms with E-state index in [0.29, 0.717) is 32.1 Å². The van der Waals surface area contributed by atoms with Gasteiger partial charge in [-0.3, -0.25) is 0 Å². The number of sulfonamides is 1. The molecule has 9 nitrogen and oxygen atoms in total. The molecule has 1 N–H and O–H groups in total. The topological polar surface area (TPSA) is 104 Å². The monoisotopic (exact) mass is 456 g/mol. The zero-order valence-electron chi connectivity index (χ0n) is 18.4. The van der Waals surface area contributed by atoms with E-state index in [4.69, 9.17) is 14.7 Å². The van der Waals surface area contributed by atoms with Crippen molar-refractivity contribution < 1.29 is 13.2 Å². The Morgan fingerprint density at radius 2 is 1.97 bits per heavy atom. The molecule has 3 aromatic heterocycles. The molecule has 0 spiro atoms. The summed E-state index contributed by atoms with van der Waals surface area (Å²) in [6.07, 6.45) is 6.41. The van der Waals surface area contributed by atoms with Crippen LogP contribution in [0.3, 0.4) is 0 Å². The molecule has 0 saturated carbocycles. The van der Waals surface area contributed by atoms with Crippen LogP contribution in [-0.2, 0) is 14.8 Å². The highest BCUT2D eigenvalue weighted by Gasteiger charge is 2.29. The van der Waals surface area contributed by atoms with Crippen LogP contribution in [0.25, 0.3) is 22.4 Å². The van der Waals surface area contributed by atoms with Crippen LogP contribution in [0, 0.1) is 0 Å². The van der Waals surface area contributed by atoms with Crippen LogP contribution in [0.5, 0.6) is 0 Å². The van der Waals surface area contributed by atoms with Crippen LogP contribution in [0.4, 0.5) is 5.82 Å². The normalized spacial score (nSPS) is 21.3. The minimum Gasteiger partial charge on any atom is -0.377 e. The number of morpholine rings is 1. The van der Waals surface area contributed by atoms with E-state index in [1.54, 1.807) is 10.5 Å². The van der Waals surface area contributed by atoms with E-state index < -0.39 is 10.0 Å². The highest BCUT2D eigenvalue weighted by Crippen LogP contribution is 2.33. The Kier molecular flexibility index (Phi) is 5.60. The van der Waals surface area contributed by atoms with Crippen molar-refractivity contribution in [2.45, 2.75) is 31.7 Å². The van der Waals surface area contributed by atoms with Crippen LogP contribution >= 0.6 is 0 Å². The number of hydrogen-bond donors (Lipinski definition) is 1. The average Bonchev–Trinajstić information content (AvgIpc) is 3.28. The fourth-order valence-electron chi connectivity index (χ4n) is 4.64. The molecule has 5 heterocycles. The van der Waals surface area contributed by atoms with Crippen molar-refractivity contribution in [2.24, 2.45) is 0 Å². The summed E-state index contributed by atoms with van der Waals surface area (Å²) in [7, 11) is -3.17. The van der Waals surface area contributed by atoms with Crippen LogP contribution in [-0.4, -0.2) is 77.8 Å². The smallest absolute Gasteiger partial charge is 0.211 e. The Morgan fingerprint density at radius 3 is 2.72 bits per heavy atom. The highest BCUT2D eigenvalue weighted by atomic mass is 32.2. The van der Waals surface area contributed by atoms with Crippen molar-refractivity contribution in [1.82, 2.24) is 24.2 Å². The molecule has 5 rings (SSSR count). The predicted octanol–water partition coefficient (Wildman–Crippen LogP) is 2.38. The van der Waals surface area contributed by atoms with E-state index in [2.05, 4.69) is 27.9 Å². The van der Waals surface area contributed by atoms with Gasteiger partial charge < -0.3 is 14.6 Å². The van der Waals surface area contributed by atoms with E-state index in [1.807, 2.05) is 18.3 Å². The minimum atomic E-state index is -3.17. The van der Waals surface area contributed by atoms with Gasteiger partial charge in [0.1, 0.15) is 11.5 Å². The molecule has 0 aliphatic carbocycles. The van der Waals surface area contributed by atoms with Gasteiger partial charge in [0.2, 0.25) is 10.0 Å². The van der Waals surface area contributed by atoms with E-state index in [-0.39, 0.29) is 12.0 Å². The van der Waals surface area contributed by atoms with Crippen molar-refractivity contribution in [3.05, 3.63) is 36.3 Å². The second-order valence-corrected chi connectivity index (χ2v) is 10.6. The average molecular weight is 457 g/mol. The summed E-state index contributed by atoms with van der Waals surface area (Å²) in [5.74, 6) is 1.76. The van der Waals surface area contributed by atoms with Gasteiger partial charge in [0, 0.05) is 60.7 Å². The Labute approximate surface area is 187 Å². The number of hydrogen-bond acceptors (Lipinski definition) is 7. The number of aromatic amines is 1. The number of aromatic nitrogens is 4. The molecule has 10 heteroatoms. The number of nitrogens with zero attached hydrogens (tertiary/aromatic N) is 5. The lowest BCUT2D eigenvalue weighted by molar-refractivity contribution is 0.0985. The summed E-state index contributed by atoms with van der Waals surface area (Å²) in [5, 5.41) is 0.984. The lowest BCUT2D eigenvalue weighted by atomic mass is 9.94. The summed E-state index contributed by atoms with van der Waals surface area (Å²) in [5.41, 5.74) is 2.71. The van der Waals surface area contributed by atoms with Crippen LogP contribution in [0.2, 0.25) is 0 Å². The fraction of sp³-hybridized carbons (Fsp3) is 0.500. The molecule has 1 atom stereocenters. The molecule has 3 aromatic rings. The third kappa shape index (κ3) is 4.10. The van der Waals surface area contributed by atoms with Gasteiger partial charge in [0.05, 0.1) is 25.5 Å². The standard InChI is InChI=1S/C22H28N6O3S/c1-15-14-31-12-11-28(15)20-13-19(16-5-9-27(10-6-16)32(2,29)30)25-22(26-20)18-4-8-24-21-17(18)3-7-23-21/h3-4,7-8,13,15-16H,5-6,9-12,14H2,1-2H3,(H,23,24)/t15-/m1/s1. The summed E-state index contributed by atoms with van der Waals surface area (Å²) < 4.78 is 31.1. The van der Waals surface area contributed by atoms with Gasteiger partial charge in [-0.1, -0.05) is 0 Å². The number of H-pyrrole nitrogens is 1. The maximum absolute atomic E-state index is 11.9. The van der Waals surface area contributed by atoms with Crippen molar-refractivity contribution in [2.75, 3.05) is 44.0 Å². The van der Waals surface area contributed by atoms with E-state index >= 15 is 0 Å². The molecule has 0 aromatic carbocycles. The lowest BCUT2D eigenvalue weighted by Gasteiger charge is -2.35. The molecular formula is C22H28N6O3S. The van der Waals surface area contributed by atoms with Crippen molar-refractivity contribution in [1.29, 1.82) is 0 Å². The van der Waals surface area contributed by atoms with Crippen molar-refractivity contribution in [3.63, 3.8) is 0 Å². The number of rotatable bonds is 4. The zero-order valence-corrected chi connectivity index (χ0v) is 19.2. The quantitative estimate of drug-likeness (QED) is 0.643. The number of pyridine rings is 1. The zero-order chi connectivity index (χ0) is 22.3. The third-order valence-electron chi connectivity index (χ3n) is 6.44. The maximum Gasteiger partial charge on any atom is 0.211 e. The van der Waals surface area contributed by atoms with E-state index in [1.165, 1.54) is 6.26 Å². The molecule has 2 saturated heterocycles. The van der Waals surface area contributed by atoms with E-state index in [9.17, 15) is 8.42 Å². The summed E-state index contributed by atoms with van der Waals surface area (Å²) >= 11 is 0. The molecule has 0 amide bonds. The Hall–Kier alpha value is -2.56. The number of piperidine rings is 1. The van der Waals surface area contributed by atoms with Gasteiger partial charge in [0.15, 0.2) is 5.82 Å². The Morgan fingerprint density at radius 1 is 1.16 bits per heavy atom. The summed E-state index contributed by atoms with van der Waals surface area (Å²) in [6.45, 7) is 5.29. The number of anilines is 1. The molecule has 2 aliphatic rings. The minimum absolute atomic E-state index is 0.188. The van der Waals surface area contributed by atoms with Crippen LogP contribution < -0.4 is 4.90 Å². The molecular weight excluding hydrogens is 428 g/mol. The van der Waals surface area contributed by atoms with Gasteiger partial charge in [-0.05, 0) is 31.9 Å². The second kappa shape index (κ2) is 8.42. The molecule has 0 unspecified atom stereocenters. The van der Waals surface area contributed by atoms with Crippen LogP contribution in [0.1, 0.15) is 31.4 Å². The van der Waals surface area contributed by atoms with Crippen molar-refractivity contribution in [3.8, 4) is 11.4 Å². The third-order valence-corrected chi connectivity index (χ3v) is 7.74. The van der Waals surface area contributed by atoms with E-state index in [0.717, 1.165) is 47.5 Å². The highest BCUT2D eigenvalue weighted by molar-refractivity contribution is 7.88. The van der Waals surface area contributed by atoms with Gasteiger partial charge in [0.25, 0.3) is 0 Å². The van der Waals surface area contributed by atoms with Gasteiger partial charge in [-0.25, -0.2) is 27.7 Å². The molecule has 0 radical (unpaired) electrons. The maximum atomic E-state index is 11.9. The Balaban J connectivity index is 1.55. The first-order valence-electron chi connectivity index (χ1n) is 11.0. The molecule has 32 heavy (non-hydrogen) atoms. The van der Waals surface area contributed by atoms with Crippen LogP contribution in [0.15, 0.2) is 30.6 Å². The fourth-order valence-corrected chi connectivity index (χ4v) is 5.51. The van der Waals surface area contributed by atoms with Gasteiger partial charge in [-0.2, -0.15) is 0 Å². The lowest BCUT2D eigenvalue weighted by Crippen LogP contribution is -2.44. The molecule has 2 fully saturated rings. The molecule has 2 aliphatic heterocycles. The number of nitrogens with one attached hydrogen (secondary N) is 1. The first-order chi connectivity index (χ1) is 15.4. The predicted molar refractivity (Wildman–Crippen MR) is 123 cm³/mol. The largest absolute Gasteiger partial charge is 0.377 e. The SMILES string of the molecule is C[C@@H]1COCCN1c1cc(C2CCN(S(C)(=O)=O)CC2)nc(-c2ccnc3[nH]ccc23)n1. The first-order valence-corrected chi connectivity index (χ1v) is 12.9. The van der Waals surface area contributed by atoms with Gasteiger partial charge in [-0.15, -0.1) is 0 Å². The summed E-state index contributed by atoms with van der Waals surface area (Å²) in [6, 6.07) is 6.25. The Bertz CT molecular complexity index is 1220. The number of ether oxygens (including phenoxy) is 1. The second-order valence-electron chi connectivity index (χ2n) is 8.63. The molecule has 170 valence electrons.